The topological polar surface area (TPSA) is 34.3 Å². The van der Waals surface area contributed by atoms with Gasteiger partial charge in [-0.25, -0.2) is 0 Å². The molecule has 160 valence electrons. The Bertz CT molecular complexity index is 699. The molecule has 1 fully saturated rings. The van der Waals surface area contributed by atoms with Crippen LogP contribution in [0.25, 0.3) is 0 Å². The van der Waals surface area contributed by atoms with Gasteiger partial charge in [0.2, 0.25) is 0 Å². The summed E-state index contributed by atoms with van der Waals surface area (Å²) in [6, 6.07) is 2.39. The second kappa shape index (κ2) is 7.89. The van der Waals surface area contributed by atoms with Crippen LogP contribution < -0.4 is 4.52 Å². The monoisotopic (exact) mass is 409 g/mol. The molecule has 3 nitrogen and oxygen atoms in total. The van der Waals surface area contributed by atoms with Crippen molar-refractivity contribution in [1.82, 2.24) is 0 Å². The Hall–Kier alpha value is -0.630. The molecule has 1 aliphatic rings. The van der Waals surface area contributed by atoms with E-state index in [1.165, 1.54) is 22.3 Å². The summed E-state index contributed by atoms with van der Waals surface area (Å²) in [6.07, 6.45) is 4.02. The van der Waals surface area contributed by atoms with Crippen LogP contribution in [0.15, 0.2) is 6.07 Å². The van der Waals surface area contributed by atoms with E-state index in [2.05, 4.69) is 82.2 Å². The van der Waals surface area contributed by atoms with E-state index in [1.54, 1.807) is 0 Å². The summed E-state index contributed by atoms with van der Waals surface area (Å²) in [6.45, 7) is 25.1. The lowest BCUT2D eigenvalue weighted by atomic mass is 9.71. The molecule has 0 radical (unpaired) electrons. The van der Waals surface area contributed by atoms with Gasteiger partial charge in [0.25, 0.3) is 0 Å². The first-order valence-corrected chi connectivity index (χ1v) is 12.6. The number of unbranched alkanes of at least 4 members (excludes halogenated alkanes) is 1. The number of rotatable bonds is 6. The Morgan fingerprint density at radius 2 is 1.36 bits per heavy atom. The highest BCUT2D eigenvalue weighted by atomic mass is 31.2. The minimum Gasteiger partial charge on any atom is -0.280 e. The van der Waals surface area contributed by atoms with Crippen LogP contribution in [0, 0.1) is 0 Å². The molecule has 1 heterocycles. The zero-order valence-electron chi connectivity index (χ0n) is 20.1. The van der Waals surface area contributed by atoms with Crippen molar-refractivity contribution in [2.45, 2.75) is 112 Å². The molecule has 1 aromatic carbocycles. The van der Waals surface area contributed by atoms with Crippen LogP contribution in [0.4, 0.5) is 0 Å². The zero-order chi connectivity index (χ0) is 21.5. The zero-order valence-corrected chi connectivity index (χ0v) is 21.0. The normalized spacial score (nSPS) is 17.0. The van der Waals surface area contributed by atoms with Gasteiger partial charge in [-0.3, -0.25) is 4.52 Å². The first-order valence-electron chi connectivity index (χ1n) is 10.8. The first-order chi connectivity index (χ1) is 12.7. The maximum Gasteiger partial charge on any atom is 0.536 e. The Morgan fingerprint density at radius 1 is 0.821 bits per heavy atom. The molecule has 1 saturated heterocycles. The van der Waals surface area contributed by atoms with Gasteiger partial charge >= 0.3 is 7.94 Å². The Labute approximate surface area is 174 Å². The third-order valence-corrected chi connectivity index (χ3v) is 7.17. The molecule has 0 saturated carbocycles. The molecular weight excluding hydrogens is 367 g/mol. The molecule has 1 aromatic rings. The summed E-state index contributed by atoms with van der Waals surface area (Å²) in [7, 11) is -2.21. The standard InChI is InChI=1S/C24H42O3P/c1-12-14-15-28(26-27-28)25-21-19(23(6,7)8)16-18(22(3,4)5)17(13-2)20(21)24(9,10)11/h16H,12-15H2,1-11H3/q+1. The first kappa shape index (κ1) is 23.6. The van der Waals surface area contributed by atoms with Crippen LogP contribution in [0.1, 0.15) is 111 Å². The average Bonchev–Trinajstić information content (AvgIpc) is 3.28. The van der Waals surface area contributed by atoms with E-state index < -0.39 is 7.94 Å². The molecule has 4 heteroatoms. The summed E-state index contributed by atoms with van der Waals surface area (Å²) >= 11 is 0. The molecule has 0 aromatic heterocycles. The fraction of sp³-hybridized carbons (Fsp3) is 0.750. The van der Waals surface area contributed by atoms with Gasteiger partial charge in [0.1, 0.15) is 0 Å². The quantitative estimate of drug-likeness (QED) is 0.271. The molecule has 0 amide bonds. The van der Waals surface area contributed by atoms with Gasteiger partial charge in [0.05, 0.1) is 0 Å². The van der Waals surface area contributed by atoms with Crippen LogP contribution in [0.3, 0.4) is 0 Å². The van der Waals surface area contributed by atoms with Crippen molar-refractivity contribution in [2.75, 3.05) is 6.16 Å². The maximum atomic E-state index is 6.71. The van der Waals surface area contributed by atoms with Crippen molar-refractivity contribution < 1.29 is 13.9 Å². The van der Waals surface area contributed by atoms with Gasteiger partial charge in [-0.15, -0.1) is 0 Å². The third kappa shape index (κ3) is 5.10. The minimum absolute atomic E-state index is 0.0350. The molecular formula is C24H42O3P+. The van der Waals surface area contributed by atoms with E-state index in [9.17, 15) is 0 Å². The van der Waals surface area contributed by atoms with E-state index >= 15 is 0 Å². The predicted molar refractivity (Wildman–Crippen MR) is 121 cm³/mol. The van der Waals surface area contributed by atoms with Gasteiger partial charge < -0.3 is 0 Å². The highest BCUT2D eigenvalue weighted by Gasteiger charge is 2.68. The molecule has 0 bridgehead atoms. The Morgan fingerprint density at radius 3 is 1.71 bits per heavy atom. The van der Waals surface area contributed by atoms with Crippen LogP contribution in [-0.2, 0) is 32.0 Å². The molecule has 0 spiro atoms. The second-order valence-electron chi connectivity index (χ2n) is 11.2. The maximum absolute atomic E-state index is 6.71. The molecule has 28 heavy (non-hydrogen) atoms. The summed E-state index contributed by atoms with van der Waals surface area (Å²) in [4.78, 5) is 0. The largest absolute Gasteiger partial charge is 0.536 e. The summed E-state index contributed by atoms with van der Waals surface area (Å²) in [5.41, 5.74) is 5.43. The van der Waals surface area contributed by atoms with Crippen molar-refractivity contribution in [3.05, 3.63) is 28.3 Å². The van der Waals surface area contributed by atoms with E-state index in [0.717, 1.165) is 31.2 Å². The van der Waals surface area contributed by atoms with Gasteiger partial charge in [-0.1, -0.05) is 88.6 Å². The van der Waals surface area contributed by atoms with Crippen molar-refractivity contribution in [2.24, 2.45) is 0 Å². The fourth-order valence-corrected chi connectivity index (χ4v) is 5.63. The smallest absolute Gasteiger partial charge is 0.280 e. The predicted octanol–water partition coefficient (Wildman–Crippen LogP) is 8.04. The van der Waals surface area contributed by atoms with Crippen LogP contribution >= 0.6 is 7.94 Å². The number of hydrogen-bond donors (Lipinski definition) is 0. The second-order valence-corrected chi connectivity index (χ2v) is 13.3. The molecule has 0 aliphatic carbocycles. The summed E-state index contributed by atoms with van der Waals surface area (Å²) in [5, 5.41) is 0. The lowest BCUT2D eigenvalue weighted by molar-refractivity contribution is 0.0850. The highest BCUT2D eigenvalue weighted by Crippen LogP contribution is 2.77. The Balaban J connectivity index is 2.80. The van der Waals surface area contributed by atoms with Gasteiger partial charge in [0.15, 0.2) is 11.9 Å². The SMILES string of the molecule is CCCC[P+]1(Oc2c(C(C)(C)C)cc(C(C)(C)C)c(CC)c2C(C)(C)C)OO1. The molecule has 0 atom stereocenters. The third-order valence-electron chi connectivity index (χ3n) is 5.36. The van der Waals surface area contributed by atoms with Crippen LogP contribution in [0.5, 0.6) is 5.75 Å². The summed E-state index contributed by atoms with van der Waals surface area (Å²) < 4.78 is 17.7. The Kier molecular flexibility index (Phi) is 6.67. The molecule has 1 aliphatic heterocycles. The number of hydrogen-bond acceptors (Lipinski definition) is 3. The number of benzene rings is 1. The molecule has 2 rings (SSSR count). The van der Waals surface area contributed by atoms with Crippen molar-refractivity contribution in [1.29, 1.82) is 0 Å². The lowest BCUT2D eigenvalue weighted by Crippen LogP contribution is -2.26. The van der Waals surface area contributed by atoms with Crippen LogP contribution in [0.2, 0.25) is 0 Å². The van der Waals surface area contributed by atoms with Crippen molar-refractivity contribution >= 4 is 7.94 Å². The van der Waals surface area contributed by atoms with Gasteiger partial charge in [0, 0.05) is 20.5 Å². The average molecular weight is 410 g/mol. The molecule has 0 unspecified atom stereocenters. The van der Waals surface area contributed by atoms with Gasteiger partial charge in [-0.05, 0) is 40.2 Å². The van der Waals surface area contributed by atoms with Crippen molar-refractivity contribution in [3.8, 4) is 5.75 Å². The summed E-state index contributed by atoms with van der Waals surface area (Å²) in [5.74, 6) is 1.01. The van der Waals surface area contributed by atoms with E-state index in [1.807, 2.05) is 0 Å². The van der Waals surface area contributed by atoms with E-state index in [4.69, 9.17) is 13.9 Å². The van der Waals surface area contributed by atoms with Crippen LogP contribution in [-0.4, -0.2) is 6.16 Å². The van der Waals surface area contributed by atoms with E-state index in [-0.39, 0.29) is 16.2 Å². The highest BCUT2D eigenvalue weighted by molar-refractivity contribution is 7.65. The van der Waals surface area contributed by atoms with E-state index in [0.29, 0.717) is 0 Å². The fourth-order valence-electron chi connectivity index (χ4n) is 3.86. The van der Waals surface area contributed by atoms with Crippen molar-refractivity contribution in [3.63, 3.8) is 0 Å². The van der Waals surface area contributed by atoms with Gasteiger partial charge in [-0.2, -0.15) is 0 Å². The minimum atomic E-state index is -2.21. The molecule has 0 N–H and O–H groups in total. The lowest BCUT2D eigenvalue weighted by Gasteiger charge is -2.35.